The van der Waals surface area contributed by atoms with Gasteiger partial charge in [-0.05, 0) is 54.8 Å². The van der Waals surface area contributed by atoms with Crippen LogP contribution in [0.1, 0.15) is 44.0 Å². The van der Waals surface area contributed by atoms with E-state index in [9.17, 15) is 9.59 Å². The van der Waals surface area contributed by atoms with E-state index in [2.05, 4.69) is 28.5 Å². The smallest absolute Gasteiger partial charge is 0.303 e. The summed E-state index contributed by atoms with van der Waals surface area (Å²) < 4.78 is 3.23. The summed E-state index contributed by atoms with van der Waals surface area (Å²) in [6.45, 7) is 3.25. The highest BCUT2D eigenvalue weighted by molar-refractivity contribution is 8.03. The van der Waals surface area contributed by atoms with Crippen LogP contribution in [0.4, 0.5) is 5.69 Å². The van der Waals surface area contributed by atoms with Gasteiger partial charge < -0.3 is 15.1 Å². The van der Waals surface area contributed by atoms with Gasteiger partial charge >= 0.3 is 11.9 Å². The number of thiazole rings is 1. The second-order valence-electron chi connectivity index (χ2n) is 8.62. The van der Waals surface area contributed by atoms with Gasteiger partial charge in [-0.25, -0.2) is 0 Å². The second kappa shape index (κ2) is 12.3. The third kappa shape index (κ3) is 6.87. The van der Waals surface area contributed by atoms with Crippen LogP contribution in [0.15, 0.2) is 58.0 Å². The number of fused-ring (bicyclic) bond motifs is 2. The number of hydrogen-bond donors (Lipinski definition) is 2. The molecule has 10 heteroatoms. The fourth-order valence-electron chi connectivity index (χ4n) is 4.16. The van der Waals surface area contributed by atoms with E-state index >= 15 is 0 Å². The van der Waals surface area contributed by atoms with E-state index in [1.54, 1.807) is 23.1 Å². The van der Waals surface area contributed by atoms with Gasteiger partial charge in [-0.3, -0.25) is 9.59 Å². The van der Waals surface area contributed by atoms with E-state index in [-0.39, 0.29) is 12.8 Å². The third-order valence-electron chi connectivity index (χ3n) is 5.96. The Kier molecular flexibility index (Phi) is 9.18. The van der Waals surface area contributed by atoms with E-state index in [4.69, 9.17) is 33.4 Å². The Morgan fingerprint density at radius 2 is 1.73 bits per heavy atom. The van der Waals surface area contributed by atoms with Gasteiger partial charge in [0.25, 0.3) is 5.01 Å². The molecule has 0 saturated heterocycles. The Balaban J connectivity index is 1.70. The van der Waals surface area contributed by atoms with Crippen LogP contribution in [0.5, 0.6) is 0 Å². The van der Waals surface area contributed by atoms with Crippen LogP contribution in [0.25, 0.3) is 16.3 Å². The van der Waals surface area contributed by atoms with Gasteiger partial charge in [0.2, 0.25) is 5.52 Å². The summed E-state index contributed by atoms with van der Waals surface area (Å²) in [6, 6.07) is 11.6. The molecule has 0 radical (unpaired) electrons. The number of aromatic nitrogens is 1. The fourth-order valence-corrected chi connectivity index (χ4v) is 6.79. The zero-order valence-corrected chi connectivity index (χ0v) is 23.4. The molecule has 0 saturated carbocycles. The van der Waals surface area contributed by atoms with Crippen molar-refractivity contribution in [2.75, 3.05) is 11.4 Å². The highest BCUT2D eigenvalue weighted by atomic mass is 35.5. The number of aliphatic carboxylic acids is 2. The van der Waals surface area contributed by atoms with Crippen LogP contribution in [-0.2, 0) is 16.1 Å². The lowest BCUT2D eigenvalue weighted by Gasteiger charge is -2.20. The SMILES string of the molecule is CCC(=Cc1sc2ccc(Cl)cc2[n+]1CCCC(=O)O)C=C1Sc2ccc(Cl)cc2N1CCCC(=O)O. The molecule has 2 N–H and O–H groups in total. The number of hydrogen-bond acceptors (Lipinski definition) is 5. The molecule has 0 bridgehead atoms. The molecule has 0 aliphatic carbocycles. The highest BCUT2D eigenvalue weighted by Gasteiger charge is 2.26. The van der Waals surface area contributed by atoms with E-state index in [1.165, 1.54) is 0 Å². The molecular weight excluding hydrogens is 551 g/mol. The fraction of sp³-hybridized carbons (Fsp3) is 0.296. The number of rotatable bonds is 11. The summed E-state index contributed by atoms with van der Waals surface area (Å²) in [5.41, 5.74) is 3.09. The molecule has 1 aliphatic rings. The van der Waals surface area contributed by atoms with Crippen molar-refractivity contribution < 1.29 is 24.4 Å². The topological polar surface area (TPSA) is 81.7 Å². The van der Waals surface area contributed by atoms with Gasteiger partial charge in [0.05, 0.1) is 17.1 Å². The normalized spacial score (nSPS) is 14.5. The van der Waals surface area contributed by atoms with Crippen LogP contribution >= 0.6 is 46.3 Å². The Morgan fingerprint density at radius 3 is 2.46 bits per heavy atom. The molecule has 6 nitrogen and oxygen atoms in total. The molecule has 1 aromatic heterocycles. The molecular formula is C27H27Cl2N2O4S2+. The van der Waals surface area contributed by atoms with Gasteiger partial charge in [-0.1, -0.05) is 53.2 Å². The van der Waals surface area contributed by atoms with Crippen LogP contribution in [0.3, 0.4) is 0 Å². The molecule has 2 heterocycles. The number of carboxylic acid groups (broad SMARTS) is 2. The number of halogens is 2. The largest absolute Gasteiger partial charge is 0.481 e. The second-order valence-corrected chi connectivity index (χ2v) is 11.6. The monoisotopic (exact) mass is 577 g/mol. The summed E-state index contributed by atoms with van der Waals surface area (Å²) in [5.74, 6) is -1.62. The number of nitrogens with zero attached hydrogens (tertiary/aromatic N) is 2. The minimum Gasteiger partial charge on any atom is -0.481 e. The third-order valence-corrected chi connectivity index (χ3v) is 8.65. The van der Waals surface area contributed by atoms with E-state index < -0.39 is 11.9 Å². The standard InChI is InChI=1S/C27H26Cl2N2O4S2/c1-2-17(13-24-30(11-3-5-26(32)33)20-15-18(28)7-9-22(20)36-24)14-25-31(12-4-6-27(34)35)21-16-19(29)8-10-23(21)37-25/h7-10,13-16H,2-6,11-12H2,1H3,(H-,32,33,34,35)/p+1. The zero-order chi connectivity index (χ0) is 26.5. The number of benzene rings is 2. The van der Waals surface area contributed by atoms with Crippen molar-refractivity contribution in [3.63, 3.8) is 0 Å². The lowest BCUT2D eigenvalue weighted by atomic mass is 10.1. The maximum atomic E-state index is 11.1. The highest BCUT2D eigenvalue weighted by Crippen LogP contribution is 2.47. The minimum atomic E-state index is -0.810. The predicted octanol–water partition coefficient (Wildman–Crippen LogP) is 7.47. The van der Waals surface area contributed by atoms with Crippen LogP contribution < -0.4 is 9.47 Å². The van der Waals surface area contributed by atoms with Gasteiger partial charge in [-0.2, -0.15) is 4.57 Å². The molecule has 0 fully saturated rings. The first kappa shape index (κ1) is 27.5. The molecule has 0 spiro atoms. The summed E-state index contributed by atoms with van der Waals surface area (Å²) >= 11 is 15.9. The molecule has 0 atom stereocenters. The molecule has 4 rings (SSSR count). The number of anilines is 1. The van der Waals surface area contributed by atoms with E-state index in [1.807, 2.05) is 36.4 Å². The summed E-state index contributed by atoms with van der Waals surface area (Å²) in [5, 5.41) is 21.6. The van der Waals surface area contributed by atoms with Crippen molar-refractivity contribution in [1.29, 1.82) is 0 Å². The average Bonchev–Trinajstić information content (AvgIpc) is 3.35. The molecule has 0 amide bonds. The Bertz CT molecular complexity index is 1400. The van der Waals surface area contributed by atoms with Crippen molar-refractivity contribution in [2.45, 2.75) is 50.5 Å². The number of carboxylic acids is 2. The minimum absolute atomic E-state index is 0.0987. The molecule has 2 aromatic carbocycles. The lowest BCUT2D eigenvalue weighted by Crippen LogP contribution is -2.35. The van der Waals surface area contributed by atoms with E-state index in [0.29, 0.717) is 36.0 Å². The first-order valence-corrected chi connectivity index (χ1v) is 14.4. The summed E-state index contributed by atoms with van der Waals surface area (Å²) in [6.07, 6.45) is 6.32. The molecule has 194 valence electrons. The number of aryl methyl sites for hydroxylation is 1. The zero-order valence-electron chi connectivity index (χ0n) is 20.2. The molecule has 37 heavy (non-hydrogen) atoms. The number of carbonyl (C=O) groups is 2. The first-order valence-electron chi connectivity index (χ1n) is 12.0. The average molecular weight is 579 g/mol. The maximum absolute atomic E-state index is 11.1. The number of thioether (sulfide) groups is 1. The van der Waals surface area contributed by atoms with Gasteiger partial charge in [0, 0.05) is 46.5 Å². The van der Waals surface area contributed by atoms with Gasteiger partial charge in [0.1, 0.15) is 4.70 Å². The summed E-state index contributed by atoms with van der Waals surface area (Å²) in [4.78, 5) is 25.4. The van der Waals surface area contributed by atoms with Gasteiger partial charge in [-0.15, -0.1) is 0 Å². The van der Waals surface area contributed by atoms with Crippen molar-refractivity contribution >= 4 is 80.2 Å². The van der Waals surface area contributed by atoms with Crippen molar-refractivity contribution in [1.82, 2.24) is 0 Å². The predicted molar refractivity (Wildman–Crippen MR) is 152 cm³/mol. The lowest BCUT2D eigenvalue weighted by molar-refractivity contribution is -0.669. The first-order chi connectivity index (χ1) is 17.7. The Morgan fingerprint density at radius 1 is 1.03 bits per heavy atom. The van der Waals surface area contributed by atoms with Crippen molar-refractivity contribution in [3.8, 4) is 0 Å². The Hall–Kier alpha value is -2.52. The van der Waals surface area contributed by atoms with Crippen LogP contribution in [0.2, 0.25) is 10.0 Å². The summed E-state index contributed by atoms with van der Waals surface area (Å²) in [7, 11) is 0. The van der Waals surface area contributed by atoms with Gasteiger partial charge in [0.15, 0.2) is 6.54 Å². The van der Waals surface area contributed by atoms with Crippen molar-refractivity contribution in [3.05, 3.63) is 68.1 Å². The van der Waals surface area contributed by atoms with E-state index in [0.717, 1.165) is 42.8 Å². The Labute approximate surface area is 233 Å². The van der Waals surface area contributed by atoms with Crippen molar-refractivity contribution in [2.24, 2.45) is 0 Å². The number of allylic oxidation sites excluding steroid dienone is 2. The molecule has 0 unspecified atom stereocenters. The van der Waals surface area contributed by atoms with Crippen LogP contribution in [0, 0.1) is 0 Å². The van der Waals surface area contributed by atoms with Crippen LogP contribution in [-0.4, -0.2) is 28.7 Å². The maximum Gasteiger partial charge on any atom is 0.303 e. The molecule has 1 aliphatic heterocycles. The quantitative estimate of drug-likeness (QED) is 0.230. The molecule has 3 aromatic rings.